The summed E-state index contributed by atoms with van der Waals surface area (Å²) in [5.74, 6) is 0.00106. The third-order valence-electron chi connectivity index (χ3n) is 1.95. The fourth-order valence-electron chi connectivity index (χ4n) is 1.15. The van der Waals surface area contributed by atoms with Crippen molar-refractivity contribution in [3.63, 3.8) is 0 Å². The SMILES string of the molecule is CCNCC(=O)Nc1ccccc1C.Cl. The van der Waals surface area contributed by atoms with Crippen molar-refractivity contribution in [2.45, 2.75) is 13.8 Å². The predicted octanol–water partition coefficient (Wildman–Crippen LogP) is 1.96. The van der Waals surface area contributed by atoms with E-state index in [-0.39, 0.29) is 18.3 Å². The highest BCUT2D eigenvalue weighted by Crippen LogP contribution is 2.12. The molecule has 0 aliphatic carbocycles. The van der Waals surface area contributed by atoms with Crippen LogP contribution in [0.2, 0.25) is 0 Å². The number of anilines is 1. The smallest absolute Gasteiger partial charge is 0.238 e. The first-order valence-electron chi connectivity index (χ1n) is 4.80. The highest BCUT2D eigenvalue weighted by Gasteiger charge is 2.02. The Hall–Kier alpha value is -1.06. The number of hydrogen-bond donors (Lipinski definition) is 2. The van der Waals surface area contributed by atoms with E-state index >= 15 is 0 Å². The van der Waals surface area contributed by atoms with Gasteiger partial charge in [0.2, 0.25) is 5.91 Å². The molecular weight excluding hydrogens is 212 g/mol. The molecule has 1 amide bonds. The fourth-order valence-corrected chi connectivity index (χ4v) is 1.15. The summed E-state index contributed by atoms with van der Waals surface area (Å²) in [6.45, 7) is 5.12. The Bertz CT molecular complexity index is 315. The van der Waals surface area contributed by atoms with Crippen molar-refractivity contribution in [1.29, 1.82) is 0 Å². The van der Waals surface area contributed by atoms with Gasteiger partial charge in [-0.3, -0.25) is 4.79 Å². The molecule has 84 valence electrons. The minimum absolute atomic E-state index is 0. The summed E-state index contributed by atoms with van der Waals surface area (Å²) in [6, 6.07) is 7.74. The lowest BCUT2D eigenvalue weighted by Gasteiger charge is -2.07. The summed E-state index contributed by atoms with van der Waals surface area (Å²) in [5.41, 5.74) is 1.97. The van der Waals surface area contributed by atoms with Crippen LogP contribution in [0, 0.1) is 6.92 Å². The van der Waals surface area contributed by atoms with Crippen molar-refractivity contribution in [2.24, 2.45) is 0 Å². The average Bonchev–Trinajstić information content (AvgIpc) is 2.18. The van der Waals surface area contributed by atoms with E-state index in [0.717, 1.165) is 17.8 Å². The molecule has 4 heteroatoms. The van der Waals surface area contributed by atoms with E-state index in [4.69, 9.17) is 0 Å². The number of carbonyl (C=O) groups excluding carboxylic acids is 1. The van der Waals surface area contributed by atoms with Gasteiger partial charge in [0.1, 0.15) is 0 Å². The number of para-hydroxylation sites is 1. The number of benzene rings is 1. The molecule has 0 heterocycles. The van der Waals surface area contributed by atoms with Crippen LogP contribution >= 0.6 is 12.4 Å². The van der Waals surface area contributed by atoms with Crippen LogP contribution in [-0.4, -0.2) is 19.0 Å². The van der Waals surface area contributed by atoms with Crippen molar-refractivity contribution >= 4 is 24.0 Å². The molecule has 0 aromatic heterocycles. The summed E-state index contributed by atoms with van der Waals surface area (Å²) in [7, 11) is 0. The first-order chi connectivity index (χ1) is 6.74. The van der Waals surface area contributed by atoms with Crippen molar-refractivity contribution in [3.8, 4) is 0 Å². The van der Waals surface area contributed by atoms with Gasteiger partial charge in [0.25, 0.3) is 0 Å². The van der Waals surface area contributed by atoms with E-state index < -0.39 is 0 Å². The number of hydrogen-bond acceptors (Lipinski definition) is 2. The molecule has 2 N–H and O–H groups in total. The van der Waals surface area contributed by atoms with Gasteiger partial charge in [-0.1, -0.05) is 25.1 Å². The first-order valence-corrected chi connectivity index (χ1v) is 4.80. The van der Waals surface area contributed by atoms with E-state index in [2.05, 4.69) is 10.6 Å². The minimum Gasteiger partial charge on any atom is -0.325 e. The molecule has 0 fully saturated rings. The van der Waals surface area contributed by atoms with Gasteiger partial charge in [-0.2, -0.15) is 0 Å². The molecule has 3 nitrogen and oxygen atoms in total. The Labute approximate surface area is 96.7 Å². The van der Waals surface area contributed by atoms with Crippen LogP contribution in [0.4, 0.5) is 5.69 Å². The second-order valence-corrected chi connectivity index (χ2v) is 3.14. The maximum absolute atomic E-state index is 11.3. The number of rotatable bonds is 4. The molecule has 0 aliphatic heterocycles. The third kappa shape index (κ3) is 4.81. The topological polar surface area (TPSA) is 41.1 Å². The molecule has 1 aromatic carbocycles. The van der Waals surface area contributed by atoms with Crippen molar-refractivity contribution < 1.29 is 4.79 Å². The second-order valence-electron chi connectivity index (χ2n) is 3.14. The van der Waals surface area contributed by atoms with E-state index in [1.54, 1.807) is 0 Å². The molecule has 1 aromatic rings. The lowest BCUT2D eigenvalue weighted by molar-refractivity contribution is -0.115. The summed E-state index contributed by atoms with van der Waals surface area (Å²) in [4.78, 5) is 11.3. The quantitative estimate of drug-likeness (QED) is 0.827. The lowest BCUT2D eigenvalue weighted by atomic mass is 10.2. The lowest BCUT2D eigenvalue weighted by Crippen LogP contribution is -2.27. The molecule has 0 aliphatic rings. The fraction of sp³-hybridized carbons (Fsp3) is 0.364. The van der Waals surface area contributed by atoms with Gasteiger partial charge in [-0.25, -0.2) is 0 Å². The highest BCUT2D eigenvalue weighted by molar-refractivity contribution is 5.92. The highest BCUT2D eigenvalue weighted by atomic mass is 35.5. The zero-order chi connectivity index (χ0) is 10.4. The van der Waals surface area contributed by atoms with Crippen molar-refractivity contribution in [1.82, 2.24) is 5.32 Å². The normalized spacial score (nSPS) is 9.20. The number of nitrogens with one attached hydrogen (secondary N) is 2. The minimum atomic E-state index is 0. The molecule has 1 rings (SSSR count). The van der Waals surface area contributed by atoms with Gasteiger partial charge in [-0.05, 0) is 25.1 Å². The summed E-state index contributed by atoms with van der Waals surface area (Å²) >= 11 is 0. The maximum Gasteiger partial charge on any atom is 0.238 e. The van der Waals surface area contributed by atoms with Gasteiger partial charge in [0.15, 0.2) is 0 Å². The van der Waals surface area contributed by atoms with E-state index in [9.17, 15) is 4.79 Å². The Morgan fingerprint density at radius 1 is 1.33 bits per heavy atom. The van der Waals surface area contributed by atoms with E-state index in [1.165, 1.54) is 0 Å². The molecule has 0 unspecified atom stereocenters. The van der Waals surface area contributed by atoms with Crippen LogP contribution in [0.1, 0.15) is 12.5 Å². The van der Waals surface area contributed by atoms with E-state index in [1.807, 2.05) is 38.1 Å². The van der Waals surface area contributed by atoms with Crippen LogP contribution in [0.3, 0.4) is 0 Å². The molecule has 0 bridgehead atoms. The predicted molar refractivity (Wildman–Crippen MR) is 65.6 cm³/mol. The average molecular weight is 229 g/mol. The number of halogens is 1. The molecule has 15 heavy (non-hydrogen) atoms. The number of aryl methyl sites for hydroxylation is 1. The van der Waals surface area contributed by atoms with Gasteiger partial charge in [0, 0.05) is 5.69 Å². The zero-order valence-electron chi connectivity index (χ0n) is 9.04. The van der Waals surface area contributed by atoms with Crippen molar-refractivity contribution in [3.05, 3.63) is 29.8 Å². The van der Waals surface area contributed by atoms with Gasteiger partial charge in [-0.15, -0.1) is 12.4 Å². The Balaban J connectivity index is 0.00000196. The number of amides is 1. The van der Waals surface area contributed by atoms with Gasteiger partial charge in [0.05, 0.1) is 6.54 Å². The Kier molecular flexibility index (Phi) is 6.75. The molecular formula is C11H17ClN2O. The molecule has 0 saturated heterocycles. The number of likely N-dealkylation sites (N-methyl/N-ethyl adjacent to an activating group) is 1. The third-order valence-corrected chi connectivity index (χ3v) is 1.95. The Morgan fingerprint density at radius 2 is 2.00 bits per heavy atom. The standard InChI is InChI=1S/C11H16N2O.ClH/c1-3-12-8-11(14)13-10-7-5-4-6-9(10)2;/h4-7,12H,3,8H2,1-2H3,(H,13,14);1H. The summed E-state index contributed by atoms with van der Waals surface area (Å²) in [5, 5.41) is 5.82. The molecule has 0 spiro atoms. The Morgan fingerprint density at radius 3 is 2.60 bits per heavy atom. The molecule has 0 radical (unpaired) electrons. The van der Waals surface area contributed by atoms with Crippen LogP contribution in [0.15, 0.2) is 24.3 Å². The first kappa shape index (κ1) is 13.9. The maximum atomic E-state index is 11.3. The number of carbonyl (C=O) groups is 1. The largest absolute Gasteiger partial charge is 0.325 e. The summed E-state index contributed by atoms with van der Waals surface area (Å²) < 4.78 is 0. The summed E-state index contributed by atoms with van der Waals surface area (Å²) in [6.07, 6.45) is 0. The van der Waals surface area contributed by atoms with Crippen LogP contribution < -0.4 is 10.6 Å². The second kappa shape index (κ2) is 7.26. The monoisotopic (exact) mass is 228 g/mol. The van der Waals surface area contributed by atoms with Gasteiger partial charge < -0.3 is 10.6 Å². The zero-order valence-corrected chi connectivity index (χ0v) is 9.86. The van der Waals surface area contributed by atoms with Crippen molar-refractivity contribution in [2.75, 3.05) is 18.4 Å². The van der Waals surface area contributed by atoms with Crippen LogP contribution in [0.25, 0.3) is 0 Å². The molecule has 0 saturated carbocycles. The van der Waals surface area contributed by atoms with Crippen LogP contribution in [0.5, 0.6) is 0 Å². The van der Waals surface area contributed by atoms with E-state index in [0.29, 0.717) is 6.54 Å². The van der Waals surface area contributed by atoms with Gasteiger partial charge >= 0.3 is 0 Å². The van der Waals surface area contributed by atoms with Crippen LogP contribution in [-0.2, 0) is 4.79 Å². The molecule has 0 atom stereocenters.